The molecular formula is C12H16N2O9. The van der Waals surface area contributed by atoms with Crippen LogP contribution in [0, 0.1) is 0 Å². The van der Waals surface area contributed by atoms with Gasteiger partial charge in [-0.3, -0.25) is 19.2 Å². The summed E-state index contributed by atoms with van der Waals surface area (Å²) in [6.07, 6.45) is -2.54. The summed E-state index contributed by atoms with van der Waals surface area (Å²) in [5.41, 5.74) is 0. The average molecular weight is 332 g/mol. The Bertz CT molecular complexity index is 517. The number of nitrogens with zero attached hydrogens (tertiary/aromatic N) is 1. The van der Waals surface area contributed by atoms with Gasteiger partial charge in [-0.15, -0.1) is 0 Å². The Kier molecular flexibility index (Phi) is 6.02. The zero-order valence-electron chi connectivity index (χ0n) is 12.1. The maximum Gasteiger partial charge on any atom is 0.335 e. The van der Waals surface area contributed by atoms with Crippen molar-refractivity contribution in [2.75, 3.05) is 0 Å². The molecule has 11 nitrogen and oxygen atoms in total. The number of rotatable bonds is 6. The number of hydrogen-bond donors (Lipinski definition) is 4. The van der Waals surface area contributed by atoms with Crippen LogP contribution in [0.1, 0.15) is 26.2 Å². The van der Waals surface area contributed by atoms with E-state index >= 15 is 0 Å². The zero-order valence-corrected chi connectivity index (χ0v) is 12.1. The first-order valence-corrected chi connectivity index (χ1v) is 6.57. The molecule has 128 valence electrons. The molecule has 2 amide bonds. The first-order chi connectivity index (χ1) is 10.6. The van der Waals surface area contributed by atoms with E-state index in [4.69, 9.17) is 20.2 Å². The van der Waals surface area contributed by atoms with Crippen molar-refractivity contribution in [3.8, 4) is 0 Å². The molecule has 1 rings (SSSR count). The van der Waals surface area contributed by atoms with Gasteiger partial charge in [0.05, 0.1) is 6.42 Å². The standard InChI is InChI=1S/C12H16N2O9/c1-5(15)13-6(4-9(16)17)10(18)14-7(11(19)20)2-3-8(23-14)12(21)22/h6-8H,2-4H2,1H3,(H,13,15)(H,16,17)(H,19,20)(H,21,22)/t6-,7+,8-/m0/s1. The molecule has 0 bridgehead atoms. The molecule has 1 heterocycles. The van der Waals surface area contributed by atoms with Crippen molar-refractivity contribution in [2.24, 2.45) is 0 Å². The second kappa shape index (κ2) is 7.54. The lowest BCUT2D eigenvalue weighted by Crippen LogP contribution is -2.58. The van der Waals surface area contributed by atoms with Gasteiger partial charge in [-0.25, -0.2) is 14.7 Å². The summed E-state index contributed by atoms with van der Waals surface area (Å²) in [5.74, 6) is -6.07. The molecule has 0 aliphatic carbocycles. The Labute approximate surface area is 129 Å². The number of carboxylic acids is 3. The second-order valence-corrected chi connectivity index (χ2v) is 4.88. The first-order valence-electron chi connectivity index (χ1n) is 6.57. The van der Waals surface area contributed by atoms with Crippen LogP contribution in [-0.2, 0) is 28.8 Å². The highest BCUT2D eigenvalue weighted by Crippen LogP contribution is 2.22. The topological polar surface area (TPSA) is 171 Å². The molecule has 0 aromatic heterocycles. The predicted molar refractivity (Wildman–Crippen MR) is 69.9 cm³/mol. The Hall–Kier alpha value is -2.69. The number of hydroxylamine groups is 2. The summed E-state index contributed by atoms with van der Waals surface area (Å²) in [5, 5.41) is 29.2. The van der Waals surface area contributed by atoms with Gasteiger partial charge in [0, 0.05) is 6.92 Å². The molecule has 1 saturated heterocycles. The molecule has 3 atom stereocenters. The van der Waals surface area contributed by atoms with Gasteiger partial charge in [0.1, 0.15) is 6.04 Å². The minimum Gasteiger partial charge on any atom is -0.481 e. The summed E-state index contributed by atoms with van der Waals surface area (Å²) < 4.78 is 0. The fourth-order valence-electron chi connectivity index (χ4n) is 2.06. The van der Waals surface area contributed by atoms with Crippen LogP contribution < -0.4 is 5.32 Å². The molecule has 0 aromatic carbocycles. The van der Waals surface area contributed by atoms with E-state index in [0.717, 1.165) is 6.92 Å². The van der Waals surface area contributed by atoms with Crippen molar-refractivity contribution in [2.45, 2.75) is 44.4 Å². The number of carboxylic acid groups (broad SMARTS) is 3. The molecule has 0 saturated carbocycles. The molecular weight excluding hydrogens is 316 g/mol. The van der Waals surface area contributed by atoms with Gasteiger partial charge in [0.15, 0.2) is 12.1 Å². The van der Waals surface area contributed by atoms with E-state index in [2.05, 4.69) is 5.32 Å². The minimum atomic E-state index is -1.57. The van der Waals surface area contributed by atoms with E-state index in [1.54, 1.807) is 0 Å². The third-order valence-electron chi connectivity index (χ3n) is 3.06. The van der Waals surface area contributed by atoms with Crippen molar-refractivity contribution in [1.82, 2.24) is 10.4 Å². The number of nitrogens with one attached hydrogen (secondary N) is 1. The number of hydrogen-bond acceptors (Lipinski definition) is 6. The van der Waals surface area contributed by atoms with Crippen molar-refractivity contribution in [1.29, 1.82) is 0 Å². The SMILES string of the molecule is CC(=O)N[C@@H](CC(=O)O)C(=O)N1O[C@H](C(=O)O)CC[C@@H]1C(=O)O. The molecule has 1 fully saturated rings. The molecule has 0 unspecified atom stereocenters. The van der Waals surface area contributed by atoms with Gasteiger partial charge in [-0.2, -0.15) is 0 Å². The lowest BCUT2D eigenvalue weighted by molar-refractivity contribution is -0.246. The van der Waals surface area contributed by atoms with Crippen molar-refractivity contribution in [3.63, 3.8) is 0 Å². The van der Waals surface area contributed by atoms with Crippen molar-refractivity contribution >= 4 is 29.7 Å². The Morgan fingerprint density at radius 2 is 1.74 bits per heavy atom. The number of carbonyl (C=O) groups is 5. The first kappa shape index (κ1) is 18.4. The van der Waals surface area contributed by atoms with Gasteiger partial charge >= 0.3 is 17.9 Å². The summed E-state index contributed by atoms with van der Waals surface area (Å²) in [4.78, 5) is 61.2. The predicted octanol–water partition coefficient (Wildman–Crippen LogP) is -1.57. The average Bonchev–Trinajstić information content (AvgIpc) is 2.43. The Balaban J connectivity index is 3.03. The van der Waals surface area contributed by atoms with Gasteiger partial charge in [0.25, 0.3) is 5.91 Å². The summed E-state index contributed by atoms with van der Waals surface area (Å²) in [7, 11) is 0. The quantitative estimate of drug-likeness (QED) is 0.448. The number of carbonyl (C=O) groups excluding carboxylic acids is 2. The van der Waals surface area contributed by atoms with Crippen LogP contribution in [0.5, 0.6) is 0 Å². The highest BCUT2D eigenvalue weighted by molar-refractivity contribution is 5.92. The molecule has 11 heteroatoms. The Morgan fingerprint density at radius 3 is 2.17 bits per heavy atom. The minimum absolute atomic E-state index is 0.125. The third-order valence-corrected chi connectivity index (χ3v) is 3.06. The van der Waals surface area contributed by atoms with E-state index in [9.17, 15) is 24.0 Å². The van der Waals surface area contributed by atoms with Crippen LogP contribution in [0.25, 0.3) is 0 Å². The fraction of sp³-hybridized carbons (Fsp3) is 0.583. The summed E-state index contributed by atoms with van der Waals surface area (Å²) in [6.45, 7) is 1.05. The number of aliphatic carboxylic acids is 3. The van der Waals surface area contributed by atoms with Gasteiger partial charge < -0.3 is 20.6 Å². The number of amides is 2. The molecule has 0 radical (unpaired) electrons. The van der Waals surface area contributed by atoms with Crippen molar-refractivity contribution < 1.29 is 44.1 Å². The monoisotopic (exact) mass is 332 g/mol. The smallest absolute Gasteiger partial charge is 0.335 e. The largest absolute Gasteiger partial charge is 0.481 e. The van der Waals surface area contributed by atoms with E-state index in [1.807, 2.05) is 0 Å². The maximum absolute atomic E-state index is 12.3. The van der Waals surface area contributed by atoms with Crippen LogP contribution in [0.3, 0.4) is 0 Å². The van der Waals surface area contributed by atoms with E-state index < -0.39 is 54.3 Å². The van der Waals surface area contributed by atoms with Crippen LogP contribution in [0.15, 0.2) is 0 Å². The molecule has 4 N–H and O–H groups in total. The highest BCUT2D eigenvalue weighted by Gasteiger charge is 2.42. The fourth-order valence-corrected chi connectivity index (χ4v) is 2.06. The zero-order chi connectivity index (χ0) is 17.7. The van der Waals surface area contributed by atoms with Crippen LogP contribution in [0.2, 0.25) is 0 Å². The molecule has 1 aliphatic rings. The molecule has 0 aromatic rings. The molecule has 0 spiro atoms. The Morgan fingerprint density at radius 1 is 1.13 bits per heavy atom. The van der Waals surface area contributed by atoms with Gasteiger partial charge in [-0.05, 0) is 12.8 Å². The summed E-state index contributed by atoms with van der Waals surface area (Å²) in [6, 6.07) is -3.04. The lowest BCUT2D eigenvalue weighted by Gasteiger charge is -2.36. The summed E-state index contributed by atoms with van der Waals surface area (Å²) >= 11 is 0. The lowest BCUT2D eigenvalue weighted by atomic mass is 10.0. The van der Waals surface area contributed by atoms with Gasteiger partial charge in [0.2, 0.25) is 5.91 Å². The van der Waals surface area contributed by atoms with Crippen LogP contribution in [-0.4, -0.2) is 68.3 Å². The highest BCUT2D eigenvalue weighted by atomic mass is 16.7. The van der Waals surface area contributed by atoms with Crippen LogP contribution in [0.4, 0.5) is 0 Å². The van der Waals surface area contributed by atoms with E-state index in [-0.39, 0.29) is 12.8 Å². The maximum atomic E-state index is 12.3. The normalized spacial score (nSPS) is 22.0. The second-order valence-electron chi connectivity index (χ2n) is 4.88. The van der Waals surface area contributed by atoms with E-state index in [0.29, 0.717) is 5.06 Å². The van der Waals surface area contributed by atoms with Gasteiger partial charge in [-0.1, -0.05) is 0 Å². The third kappa shape index (κ3) is 4.92. The van der Waals surface area contributed by atoms with E-state index in [1.165, 1.54) is 0 Å². The van der Waals surface area contributed by atoms with Crippen LogP contribution >= 0.6 is 0 Å². The molecule has 23 heavy (non-hydrogen) atoms. The molecule has 1 aliphatic heterocycles. The van der Waals surface area contributed by atoms with Crippen molar-refractivity contribution in [3.05, 3.63) is 0 Å².